The van der Waals surface area contributed by atoms with Crippen molar-refractivity contribution in [2.45, 2.75) is 43.1 Å². The second-order valence-corrected chi connectivity index (χ2v) is 7.80. The monoisotopic (exact) mass is 395 g/mol. The first-order valence-electron chi connectivity index (χ1n) is 6.52. The van der Waals surface area contributed by atoms with Crippen molar-refractivity contribution in [1.29, 1.82) is 0 Å². The van der Waals surface area contributed by atoms with Gasteiger partial charge in [0.15, 0.2) is 0 Å². The Balaban J connectivity index is 2.30. The summed E-state index contributed by atoms with van der Waals surface area (Å²) in [6, 6.07) is 2.69. The molecule has 0 aromatic heterocycles. The number of esters is 1. The maximum Gasteiger partial charge on any atom is 0.340 e. The summed E-state index contributed by atoms with van der Waals surface area (Å²) in [6.45, 7) is 0. The van der Waals surface area contributed by atoms with Crippen molar-refractivity contribution in [2.24, 2.45) is 5.14 Å². The van der Waals surface area contributed by atoms with Crippen LogP contribution in [-0.2, 0) is 14.8 Å². The predicted molar refractivity (Wildman–Crippen MR) is 82.8 cm³/mol. The highest BCUT2D eigenvalue weighted by Gasteiger charge is 2.24. The molecule has 1 saturated carbocycles. The molecule has 0 atom stereocenters. The molecule has 0 unspecified atom stereocenters. The van der Waals surface area contributed by atoms with Gasteiger partial charge >= 0.3 is 5.97 Å². The number of sulfonamides is 1. The second-order valence-electron chi connectivity index (χ2n) is 4.98. The molecular formula is C13H15BrClNO4S. The Hall–Kier alpha value is -0.630. The molecule has 116 valence electrons. The molecule has 1 aromatic rings. The van der Waals surface area contributed by atoms with Crippen LogP contribution in [0.3, 0.4) is 0 Å². The maximum absolute atomic E-state index is 12.2. The Morgan fingerprint density at radius 2 is 1.90 bits per heavy atom. The number of hydrogen-bond acceptors (Lipinski definition) is 4. The zero-order valence-electron chi connectivity index (χ0n) is 11.1. The zero-order valence-corrected chi connectivity index (χ0v) is 14.3. The van der Waals surface area contributed by atoms with Crippen molar-refractivity contribution in [3.63, 3.8) is 0 Å². The number of nitrogens with two attached hydrogens (primary N) is 1. The summed E-state index contributed by atoms with van der Waals surface area (Å²) < 4.78 is 28.8. The fraction of sp³-hybridized carbons (Fsp3) is 0.462. The van der Waals surface area contributed by atoms with Crippen LogP contribution in [0.2, 0.25) is 5.02 Å². The first-order valence-corrected chi connectivity index (χ1v) is 9.23. The highest BCUT2D eigenvalue weighted by atomic mass is 79.9. The Kier molecular flexibility index (Phi) is 5.29. The van der Waals surface area contributed by atoms with Gasteiger partial charge in [0.25, 0.3) is 0 Å². The van der Waals surface area contributed by atoms with E-state index in [0.717, 1.165) is 32.1 Å². The molecule has 5 nitrogen and oxygen atoms in total. The molecule has 1 aromatic carbocycles. The lowest BCUT2D eigenvalue weighted by molar-refractivity contribution is 0.0211. The van der Waals surface area contributed by atoms with E-state index in [1.54, 1.807) is 0 Å². The average molecular weight is 397 g/mol. The van der Waals surface area contributed by atoms with Gasteiger partial charge in [-0.05, 0) is 37.8 Å². The van der Waals surface area contributed by atoms with E-state index in [9.17, 15) is 13.2 Å². The third-order valence-corrected chi connectivity index (χ3v) is 5.27. The van der Waals surface area contributed by atoms with Crippen LogP contribution in [0.25, 0.3) is 0 Å². The van der Waals surface area contributed by atoms with Crippen LogP contribution in [0.15, 0.2) is 21.5 Å². The van der Waals surface area contributed by atoms with Gasteiger partial charge < -0.3 is 4.74 Å². The molecular weight excluding hydrogens is 382 g/mol. The quantitative estimate of drug-likeness (QED) is 0.795. The van der Waals surface area contributed by atoms with Crippen LogP contribution >= 0.6 is 27.5 Å². The van der Waals surface area contributed by atoms with E-state index in [0.29, 0.717) is 4.47 Å². The van der Waals surface area contributed by atoms with Crippen molar-refractivity contribution < 1.29 is 17.9 Å². The van der Waals surface area contributed by atoms with Gasteiger partial charge in [-0.15, -0.1) is 0 Å². The number of carbonyl (C=O) groups excluding carboxylic acids is 1. The highest BCUT2D eigenvalue weighted by molar-refractivity contribution is 9.10. The van der Waals surface area contributed by atoms with E-state index in [1.807, 2.05) is 0 Å². The standard InChI is InChI=1S/C13H15BrClNO4S/c14-8-6-10(12(15)11(7-8)21(16,18)19)13(17)20-9-4-2-1-3-5-9/h6-7,9H,1-5H2,(H2,16,18,19). The molecule has 21 heavy (non-hydrogen) atoms. The summed E-state index contributed by atoms with van der Waals surface area (Å²) in [6.07, 6.45) is 4.68. The van der Waals surface area contributed by atoms with E-state index in [2.05, 4.69) is 15.9 Å². The summed E-state index contributed by atoms with van der Waals surface area (Å²) in [4.78, 5) is 11.9. The van der Waals surface area contributed by atoms with E-state index >= 15 is 0 Å². The topological polar surface area (TPSA) is 86.5 Å². The largest absolute Gasteiger partial charge is 0.459 e. The number of hydrogen-bond donors (Lipinski definition) is 1. The molecule has 0 aliphatic heterocycles. The van der Waals surface area contributed by atoms with Crippen molar-refractivity contribution in [3.8, 4) is 0 Å². The molecule has 1 fully saturated rings. The third kappa shape index (κ3) is 4.18. The first kappa shape index (κ1) is 16.7. The maximum atomic E-state index is 12.2. The van der Waals surface area contributed by atoms with Gasteiger partial charge in [-0.25, -0.2) is 18.4 Å². The van der Waals surface area contributed by atoms with Crippen LogP contribution in [0, 0.1) is 0 Å². The fourth-order valence-corrected chi connectivity index (χ4v) is 4.09. The molecule has 0 heterocycles. The lowest BCUT2D eigenvalue weighted by Crippen LogP contribution is -2.22. The molecule has 2 rings (SSSR count). The van der Waals surface area contributed by atoms with E-state index in [4.69, 9.17) is 21.5 Å². The molecule has 1 aliphatic carbocycles. The molecule has 0 saturated heterocycles. The minimum atomic E-state index is -4.01. The third-order valence-electron chi connectivity index (χ3n) is 3.36. The van der Waals surface area contributed by atoms with E-state index in [1.165, 1.54) is 12.1 Å². The minimum Gasteiger partial charge on any atom is -0.459 e. The molecule has 0 amide bonds. The number of carbonyl (C=O) groups is 1. The number of benzene rings is 1. The molecule has 8 heteroatoms. The minimum absolute atomic E-state index is 0.000593. The SMILES string of the molecule is NS(=O)(=O)c1cc(Br)cc(C(=O)OC2CCCCC2)c1Cl. The van der Waals surface area contributed by atoms with Crippen LogP contribution in [0.5, 0.6) is 0 Å². The van der Waals surface area contributed by atoms with Crippen molar-refractivity contribution >= 4 is 43.5 Å². The smallest absolute Gasteiger partial charge is 0.340 e. The Labute approximate surface area is 137 Å². The van der Waals surface area contributed by atoms with Gasteiger partial charge in [-0.1, -0.05) is 34.0 Å². The van der Waals surface area contributed by atoms with Crippen LogP contribution < -0.4 is 5.14 Å². The van der Waals surface area contributed by atoms with Crippen LogP contribution in [0.4, 0.5) is 0 Å². The lowest BCUT2D eigenvalue weighted by Gasteiger charge is -2.22. The normalized spacial score (nSPS) is 16.7. The van der Waals surface area contributed by atoms with Crippen LogP contribution in [0.1, 0.15) is 42.5 Å². The summed E-state index contributed by atoms with van der Waals surface area (Å²) >= 11 is 9.14. The van der Waals surface area contributed by atoms with Gasteiger partial charge in [0.05, 0.1) is 10.6 Å². The average Bonchev–Trinajstić information content (AvgIpc) is 2.40. The van der Waals surface area contributed by atoms with Gasteiger partial charge in [-0.2, -0.15) is 0 Å². The molecule has 0 radical (unpaired) electrons. The number of halogens is 2. The Morgan fingerprint density at radius 3 is 2.48 bits per heavy atom. The molecule has 2 N–H and O–H groups in total. The second kappa shape index (κ2) is 6.64. The summed E-state index contributed by atoms with van der Waals surface area (Å²) in [5.41, 5.74) is 0.000593. The number of primary sulfonamides is 1. The Bertz CT molecular complexity index is 656. The first-order chi connectivity index (χ1) is 9.79. The zero-order chi connectivity index (χ0) is 15.6. The van der Waals surface area contributed by atoms with Gasteiger partial charge in [-0.3, -0.25) is 0 Å². The summed E-state index contributed by atoms with van der Waals surface area (Å²) in [5, 5.41) is 4.89. The fourth-order valence-electron chi connectivity index (χ4n) is 2.32. The van der Waals surface area contributed by atoms with Crippen LogP contribution in [-0.4, -0.2) is 20.5 Å². The predicted octanol–water partition coefficient (Wildman–Crippen LogP) is 3.24. The molecule has 0 spiro atoms. The van der Waals surface area contributed by atoms with Crippen molar-refractivity contribution in [3.05, 3.63) is 27.2 Å². The summed E-state index contributed by atoms with van der Waals surface area (Å²) in [5.74, 6) is -0.627. The molecule has 0 bridgehead atoms. The molecule has 1 aliphatic rings. The summed E-state index contributed by atoms with van der Waals surface area (Å²) in [7, 11) is -4.01. The van der Waals surface area contributed by atoms with E-state index in [-0.39, 0.29) is 21.6 Å². The highest BCUT2D eigenvalue weighted by Crippen LogP contribution is 2.30. The van der Waals surface area contributed by atoms with E-state index < -0.39 is 16.0 Å². The van der Waals surface area contributed by atoms with Crippen molar-refractivity contribution in [2.75, 3.05) is 0 Å². The Morgan fingerprint density at radius 1 is 1.29 bits per heavy atom. The number of ether oxygens (including phenoxy) is 1. The van der Waals surface area contributed by atoms with Crippen molar-refractivity contribution in [1.82, 2.24) is 0 Å². The van der Waals surface area contributed by atoms with Gasteiger partial charge in [0.1, 0.15) is 11.0 Å². The lowest BCUT2D eigenvalue weighted by atomic mass is 9.98. The van der Waals surface area contributed by atoms with Gasteiger partial charge in [0, 0.05) is 4.47 Å². The van der Waals surface area contributed by atoms with Gasteiger partial charge in [0.2, 0.25) is 10.0 Å². The number of rotatable bonds is 3.